The van der Waals surface area contributed by atoms with Crippen LogP contribution in [0.5, 0.6) is 5.75 Å². The number of rotatable bonds is 9. The van der Waals surface area contributed by atoms with Crippen LogP contribution in [0.4, 0.5) is 11.4 Å². The first-order chi connectivity index (χ1) is 15.9. The molecule has 0 aliphatic carbocycles. The summed E-state index contributed by atoms with van der Waals surface area (Å²) in [6, 6.07) is 20.4. The van der Waals surface area contributed by atoms with Crippen molar-refractivity contribution in [3.05, 3.63) is 99.6 Å². The fraction of sp³-hybridized carbons (Fsp3) is 0.125. The lowest BCUT2D eigenvalue weighted by atomic mass is 10.2. The molecule has 0 radical (unpaired) electrons. The SMILES string of the molecule is Cc1ccc(NC(=O)CC(=O)NN=Cc2ccc(OCc3ccc([N+](=O)[O-])cc3)cc2)cc1. The van der Waals surface area contributed by atoms with Gasteiger partial charge in [-0.05, 0) is 66.6 Å². The maximum Gasteiger partial charge on any atom is 0.269 e. The van der Waals surface area contributed by atoms with Crippen molar-refractivity contribution in [1.29, 1.82) is 0 Å². The molecule has 33 heavy (non-hydrogen) atoms. The minimum Gasteiger partial charge on any atom is -0.489 e. The molecule has 0 atom stereocenters. The van der Waals surface area contributed by atoms with Crippen LogP contribution in [-0.4, -0.2) is 23.0 Å². The number of hydrogen-bond acceptors (Lipinski definition) is 6. The van der Waals surface area contributed by atoms with E-state index in [1.165, 1.54) is 18.3 Å². The van der Waals surface area contributed by atoms with Gasteiger partial charge in [-0.25, -0.2) is 5.43 Å². The third-order valence-electron chi connectivity index (χ3n) is 4.49. The van der Waals surface area contributed by atoms with Crippen molar-refractivity contribution in [2.45, 2.75) is 20.0 Å². The summed E-state index contributed by atoms with van der Waals surface area (Å²) in [4.78, 5) is 34.0. The van der Waals surface area contributed by atoms with Crippen molar-refractivity contribution in [2.24, 2.45) is 5.10 Å². The van der Waals surface area contributed by atoms with Crippen LogP contribution in [0.1, 0.15) is 23.1 Å². The number of aryl methyl sites for hydroxylation is 1. The van der Waals surface area contributed by atoms with Crippen molar-refractivity contribution >= 4 is 29.4 Å². The van der Waals surface area contributed by atoms with Gasteiger partial charge < -0.3 is 10.1 Å². The molecule has 2 N–H and O–H groups in total. The monoisotopic (exact) mass is 446 g/mol. The smallest absolute Gasteiger partial charge is 0.269 e. The molecule has 0 aliphatic rings. The summed E-state index contributed by atoms with van der Waals surface area (Å²) in [6.07, 6.45) is 1.11. The van der Waals surface area contributed by atoms with E-state index in [4.69, 9.17) is 4.74 Å². The molecule has 0 saturated carbocycles. The average molecular weight is 446 g/mol. The lowest BCUT2D eigenvalue weighted by Crippen LogP contribution is -2.24. The summed E-state index contributed by atoms with van der Waals surface area (Å²) >= 11 is 0. The van der Waals surface area contributed by atoms with Crippen molar-refractivity contribution in [3.8, 4) is 5.75 Å². The van der Waals surface area contributed by atoms with Gasteiger partial charge in [-0.1, -0.05) is 17.7 Å². The molecule has 0 heterocycles. The summed E-state index contributed by atoms with van der Waals surface area (Å²) in [5.41, 5.74) is 5.58. The zero-order valence-corrected chi connectivity index (χ0v) is 17.9. The number of carbonyl (C=O) groups excluding carboxylic acids is 2. The molecule has 0 aromatic heterocycles. The number of carbonyl (C=O) groups is 2. The summed E-state index contributed by atoms with van der Waals surface area (Å²) in [5.74, 6) is -0.345. The minimum absolute atomic E-state index is 0.0291. The molecule has 2 amide bonds. The summed E-state index contributed by atoms with van der Waals surface area (Å²) < 4.78 is 5.66. The number of hydrazone groups is 1. The van der Waals surface area contributed by atoms with Gasteiger partial charge in [-0.2, -0.15) is 5.10 Å². The first kappa shape index (κ1) is 23.1. The van der Waals surface area contributed by atoms with Crippen LogP contribution in [0, 0.1) is 17.0 Å². The normalized spacial score (nSPS) is 10.6. The fourth-order valence-corrected chi connectivity index (χ4v) is 2.74. The number of amides is 2. The maximum absolute atomic E-state index is 11.9. The molecule has 0 saturated heterocycles. The van der Waals surface area contributed by atoms with E-state index in [0.717, 1.165) is 16.7 Å². The van der Waals surface area contributed by atoms with E-state index in [1.54, 1.807) is 48.5 Å². The first-order valence-electron chi connectivity index (χ1n) is 10.0. The third-order valence-corrected chi connectivity index (χ3v) is 4.49. The summed E-state index contributed by atoms with van der Waals surface area (Å²) in [6.45, 7) is 2.21. The molecular formula is C24H22N4O5. The largest absolute Gasteiger partial charge is 0.489 e. The second-order valence-electron chi connectivity index (χ2n) is 7.17. The van der Waals surface area contributed by atoms with Crippen molar-refractivity contribution in [3.63, 3.8) is 0 Å². The fourth-order valence-electron chi connectivity index (χ4n) is 2.74. The quantitative estimate of drug-likeness (QED) is 0.223. The lowest BCUT2D eigenvalue weighted by Gasteiger charge is -2.06. The van der Waals surface area contributed by atoms with Gasteiger partial charge in [0.2, 0.25) is 11.8 Å². The van der Waals surface area contributed by atoms with Crippen LogP contribution in [0.3, 0.4) is 0 Å². The predicted molar refractivity (Wildman–Crippen MR) is 124 cm³/mol. The van der Waals surface area contributed by atoms with E-state index in [2.05, 4.69) is 15.8 Å². The van der Waals surface area contributed by atoms with Gasteiger partial charge in [-0.15, -0.1) is 0 Å². The Labute approximate surface area is 190 Å². The van der Waals surface area contributed by atoms with E-state index >= 15 is 0 Å². The highest BCUT2D eigenvalue weighted by atomic mass is 16.6. The number of benzene rings is 3. The maximum atomic E-state index is 11.9. The number of ether oxygens (including phenoxy) is 1. The molecule has 3 aromatic rings. The van der Waals surface area contributed by atoms with Crippen LogP contribution in [-0.2, 0) is 16.2 Å². The van der Waals surface area contributed by atoms with Gasteiger partial charge in [0.1, 0.15) is 18.8 Å². The standard InChI is InChI=1S/C24H22N4O5/c1-17-2-8-20(9-3-17)26-23(29)14-24(30)27-25-15-18-6-12-22(13-7-18)33-16-19-4-10-21(11-5-19)28(31)32/h2-13,15H,14,16H2,1H3,(H,26,29)(H,27,30). The van der Waals surface area contributed by atoms with Gasteiger partial charge >= 0.3 is 0 Å². The Hall–Kier alpha value is -4.53. The molecule has 0 unspecified atom stereocenters. The third kappa shape index (κ3) is 7.59. The molecule has 168 valence electrons. The van der Waals surface area contributed by atoms with Gasteiger partial charge in [0.15, 0.2) is 0 Å². The topological polar surface area (TPSA) is 123 Å². The summed E-state index contributed by atoms with van der Waals surface area (Å²) in [5, 5.41) is 17.2. The Balaban J connectivity index is 1.41. The van der Waals surface area contributed by atoms with Gasteiger partial charge in [-0.3, -0.25) is 19.7 Å². The van der Waals surface area contributed by atoms with Gasteiger partial charge in [0, 0.05) is 17.8 Å². The molecule has 0 bridgehead atoms. The van der Waals surface area contributed by atoms with E-state index < -0.39 is 16.7 Å². The Kier molecular flexibility index (Phi) is 7.85. The van der Waals surface area contributed by atoms with Crippen molar-refractivity contribution in [2.75, 3.05) is 5.32 Å². The molecule has 3 rings (SSSR count). The van der Waals surface area contributed by atoms with E-state index in [-0.39, 0.29) is 18.7 Å². The van der Waals surface area contributed by atoms with Crippen LogP contribution >= 0.6 is 0 Å². The number of hydrogen-bond donors (Lipinski definition) is 2. The Morgan fingerprint density at radius 2 is 1.64 bits per heavy atom. The van der Waals surface area contributed by atoms with Crippen LogP contribution in [0.15, 0.2) is 77.9 Å². The molecule has 0 spiro atoms. The highest BCUT2D eigenvalue weighted by Crippen LogP contribution is 2.16. The second-order valence-corrected chi connectivity index (χ2v) is 7.17. The highest BCUT2D eigenvalue weighted by molar-refractivity contribution is 6.03. The molecule has 0 fully saturated rings. The molecular weight excluding hydrogens is 424 g/mol. The minimum atomic E-state index is -0.529. The summed E-state index contributed by atoms with van der Waals surface area (Å²) in [7, 11) is 0. The number of nitrogens with zero attached hydrogens (tertiary/aromatic N) is 2. The molecule has 9 nitrogen and oxygen atoms in total. The lowest BCUT2D eigenvalue weighted by molar-refractivity contribution is -0.384. The van der Waals surface area contributed by atoms with E-state index in [0.29, 0.717) is 11.4 Å². The van der Waals surface area contributed by atoms with Crippen molar-refractivity contribution in [1.82, 2.24) is 5.43 Å². The number of anilines is 1. The number of non-ortho nitro benzene ring substituents is 1. The predicted octanol–water partition coefficient (Wildman–Crippen LogP) is 3.96. The van der Waals surface area contributed by atoms with E-state index in [9.17, 15) is 19.7 Å². The van der Waals surface area contributed by atoms with Crippen molar-refractivity contribution < 1.29 is 19.2 Å². The van der Waals surface area contributed by atoms with Gasteiger partial charge in [0.05, 0.1) is 11.1 Å². The zero-order chi connectivity index (χ0) is 23.6. The molecule has 3 aromatic carbocycles. The number of nitro groups is 1. The Bertz CT molecular complexity index is 1140. The second kappa shape index (κ2) is 11.2. The number of nitrogens with one attached hydrogen (secondary N) is 2. The Morgan fingerprint density at radius 3 is 2.27 bits per heavy atom. The van der Waals surface area contributed by atoms with Crippen LogP contribution in [0.25, 0.3) is 0 Å². The molecule has 0 aliphatic heterocycles. The molecule has 9 heteroatoms. The van der Waals surface area contributed by atoms with Crippen LogP contribution in [0.2, 0.25) is 0 Å². The highest BCUT2D eigenvalue weighted by Gasteiger charge is 2.09. The average Bonchev–Trinajstić information content (AvgIpc) is 2.80. The number of nitro benzene ring substituents is 1. The first-order valence-corrected chi connectivity index (χ1v) is 10.0. The zero-order valence-electron chi connectivity index (χ0n) is 17.9. The van der Waals surface area contributed by atoms with Crippen LogP contribution < -0.4 is 15.5 Å². The van der Waals surface area contributed by atoms with Gasteiger partial charge in [0.25, 0.3) is 5.69 Å². The Morgan fingerprint density at radius 1 is 0.970 bits per heavy atom. The van der Waals surface area contributed by atoms with E-state index in [1.807, 2.05) is 19.1 Å².